The molecule has 10 nitrogen and oxygen atoms in total. The number of H-pyrrole nitrogens is 2. The minimum atomic E-state index is -4.53. The molecule has 0 atom stereocenters. The molecule has 0 spiro atoms. The topological polar surface area (TPSA) is 166 Å². The third-order valence-corrected chi connectivity index (χ3v) is 6.35. The van der Waals surface area contributed by atoms with Gasteiger partial charge in [0.25, 0.3) is 10.3 Å². The van der Waals surface area contributed by atoms with Crippen LogP contribution in [0.2, 0.25) is 0 Å². The number of aromatic nitrogens is 4. The Hall–Kier alpha value is -3.58. The van der Waals surface area contributed by atoms with Gasteiger partial charge >= 0.3 is 20.2 Å². The van der Waals surface area contributed by atoms with E-state index >= 15 is 0 Å². The fourth-order valence-electron chi connectivity index (χ4n) is 3.66. The molecule has 0 saturated carbocycles. The van der Waals surface area contributed by atoms with Crippen molar-refractivity contribution in [2.45, 2.75) is 10.3 Å². The van der Waals surface area contributed by atoms with Crippen molar-refractivity contribution in [2.75, 3.05) is 0 Å². The number of hydrogen-bond acceptors (Lipinski definition) is 6. The van der Waals surface area contributed by atoms with Crippen molar-refractivity contribution in [3.63, 3.8) is 0 Å². The second kappa shape index (κ2) is 6.97. The number of nitrogens with one attached hydrogen (secondary N) is 2. The first-order valence-corrected chi connectivity index (χ1v) is 12.0. The van der Waals surface area contributed by atoms with E-state index in [1.54, 1.807) is 48.5 Å². The Kier molecular flexibility index (Phi) is 4.43. The van der Waals surface area contributed by atoms with Crippen LogP contribution in [-0.2, 0) is 20.2 Å². The lowest BCUT2D eigenvalue weighted by Gasteiger charge is -2.11. The van der Waals surface area contributed by atoms with E-state index in [-0.39, 0.29) is 0 Å². The summed E-state index contributed by atoms with van der Waals surface area (Å²) >= 11 is 0. The lowest BCUT2D eigenvalue weighted by atomic mass is 9.93. The molecule has 162 valence electrons. The van der Waals surface area contributed by atoms with Gasteiger partial charge in [0.1, 0.15) is 0 Å². The Balaban J connectivity index is 1.79. The summed E-state index contributed by atoms with van der Waals surface area (Å²) in [6.07, 6.45) is 0. The lowest BCUT2D eigenvalue weighted by Crippen LogP contribution is -1.99. The molecule has 4 N–H and O–H groups in total. The van der Waals surface area contributed by atoms with Crippen LogP contribution < -0.4 is 0 Å². The van der Waals surface area contributed by atoms with Crippen LogP contribution in [0.4, 0.5) is 0 Å². The molecule has 5 rings (SSSR count). The van der Waals surface area contributed by atoms with Crippen LogP contribution in [-0.4, -0.2) is 45.9 Å². The molecule has 0 fully saturated rings. The van der Waals surface area contributed by atoms with E-state index in [4.69, 9.17) is 0 Å². The Bertz CT molecular complexity index is 1610. The van der Waals surface area contributed by atoms with Crippen molar-refractivity contribution in [3.05, 3.63) is 60.7 Å². The standard InChI is InChI=1S/C20H14N4O6S2/c25-31(26,27)19-21-15-9-3-7-13(17(15)23-19)11-5-1-2-6-12(11)14-8-4-10-16-18(14)24-20(22-16)32(28,29)30/h1-10H,(H,21,23)(H,22,24)(H,25,26,27)(H,28,29,30). The molecule has 32 heavy (non-hydrogen) atoms. The largest absolute Gasteiger partial charge is 0.328 e. The van der Waals surface area contributed by atoms with Gasteiger partial charge < -0.3 is 9.97 Å². The summed E-state index contributed by atoms with van der Waals surface area (Å²) in [4.78, 5) is 13.2. The Morgan fingerprint density at radius 3 is 1.31 bits per heavy atom. The highest BCUT2D eigenvalue weighted by atomic mass is 32.2. The summed E-state index contributed by atoms with van der Waals surface area (Å²) in [6, 6.07) is 17.4. The molecule has 0 bridgehead atoms. The van der Waals surface area contributed by atoms with Crippen LogP contribution in [0.3, 0.4) is 0 Å². The molecule has 12 heteroatoms. The van der Waals surface area contributed by atoms with E-state index in [0.29, 0.717) is 44.3 Å². The normalized spacial score (nSPS) is 12.6. The highest BCUT2D eigenvalue weighted by Gasteiger charge is 2.21. The van der Waals surface area contributed by atoms with E-state index in [1.165, 1.54) is 0 Å². The number of rotatable bonds is 4. The van der Waals surface area contributed by atoms with Gasteiger partial charge in [0.2, 0.25) is 0 Å². The molecule has 0 aliphatic heterocycles. The number of imidazole rings is 2. The molecule has 0 amide bonds. The smallest absolute Gasteiger partial charge is 0.326 e. The van der Waals surface area contributed by atoms with Crippen LogP contribution in [0.15, 0.2) is 71.0 Å². The summed E-state index contributed by atoms with van der Waals surface area (Å²) in [5.41, 5.74) is 4.12. The van der Waals surface area contributed by atoms with Crippen molar-refractivity contribution in [1.82, 2.24) is 19.9 Å². The molecule has 2 heterocycles. The first-order valence-electron chi connectivity index (χ1n) is 9.15. The summed E-state index contributed by atoms with van der Waals surface area (Å²) in [5.74, 6) is 0. The Morgan fingerprint density at radius 1 is 0.562 bits per heavy atom. The average molecular weight is 470 g/mol. The second-order valence-corrected chi connectivity index (χ2v) is 9.65. The summed E-state index contributed by atoms with van der Waals surface area (Å²) in [6.45, 7) is 0. The molecule has 0 saturated heterocycles. The number of aromatic amines is 2. The zero-order chi connectivity index (χ0) is 22.7. The van der Waals surface area contributed by atoms with Gasteiger partial charge in [-0.15, -0.1) is 0 Å². The maximum Gasteiger partial charge on any atom is 0.328 e. The van der Waals surface area contributed by atoms with Gasteiger partial charge in [-0.2, -0.15) is 16.8 Å². The number of nitrogens with zero attached hydrogens (tertiary/aromatic N) is 2. The average Bonchev–Trinajstić information content (AvgIpc) is 3.37. The molecule has 0 radical (unpaired) electrons. The fraction of sp³-hybridized carbons (Fsp3) is 0. The van der Waals surface area contributed by atoms with E-state index < -0.39 is 30.5 Å². The van der Waals surface area contributed by atoms with E-state index in [1.807, 2.05) is 12.1 Å². The molecule has 0 aliphatic rings. The zero-order valence-corrected chi connectivity index (χ0v) is 17.6. The summed E-state index contributed by atoms with van der Waals surface area (Å²) in [5, 5.41) is -1.13. The molecule has 0 aliphatic carbocycles. The van der Waals surface area contributed by atoms with E-state index in [2.05, 4.69) is 19.9 Å². The Labute approximate surface area is 181 Å². The van der Waals surface area contributed by atoms with Crippen molar-refractivity contribution in [3.8, 4) is 22.3 Å². The molecule has 2 aromatic heterocycles. The van der Waals surface area contributed by atoms with Gasteiger partial charge in [-0.05, 0) is 23.3 Å². The van der Waals surface area contributed by atoms with Gasteiger partial charge in [-0.25, -0.2) is 9.97 Å². The van der Waals surface area contributed by atoms with Crippen LogP contribution >= 0.6 is 0 Å². The third-order valence-electron chi connectivity index (χ3n) is 4.99. The number of benzene rings is 3. The van der Waals surface area contributed by atoms with Gasteiger partial charge in [0.15, 0.2) is 0 Å². The third kappa shape index (κ3) is 3.35. The van der Waals surface area contributed by atoms with E-state index in [0.717, 1.165) is 0 Å². The van der Waals surface area contributed by atoms with Crippen LogP contribution in [0.1, 0.15) is 0 Å². The second-order valence-electron chi connectivity index (χ2n) is 6.98. The maximum atomic E-state index is 11.5. The molecular weight excluding hydrogens is 456 g/mol. The SMILES string of the molecule is O=S(=O)(O)c1nc2cccc(-c3ccccc3-c3cccc4nc(S(=O)(=O)O)[nH]c34)c2[nH]1. The highest BCUT2D eigenvalue weighted by molar-refractivity contribution is 7.85. The molecular formula is C20H14N4O6S2. The summed E-state index contributed by atoms with van der Waals surface area (Å²) in [7, 11) is -9.05. The van der Waals surface area contributed by atoms with Crippen LogP contribution in [0.5, 0.6) is 0 Å². The van der Waals surface area contributed by atoms with Crippen molar-refractivity contribution >= 4 is 42.3 Å². The Morgan fingerprint density at radius 2 is 0.938 bits per heavy atom. The highest BCUT2D eigenvalue weighted by Crippen LogP contribution is 2.38. The van der Waals surface area contributed by atoms with Gasteiger partial charge in [-0.1, -0.05) is 48.5 Å². The van der Waals surface area contributed by atoms with Gasteiger partial charge in [-0.3, -0.25) is 9.11 Å². The van der Waals surface area contributed by atoms with Crippen molar-refractivity contribution in [1.29, 1.82) is 0 Å². The number of fused-ring (bicyclic) bond motifs is 2. The van der Waals surface area contributed by atoms with Crippen molar-refractivity contribution < 1.29 is 25.9 Å². The minimum Gasteiger partial charge on any atom is -0.326 e. The lowest BCUT2D eigenvalue weighted by molar-refractivity contribution is 0.474. The predicted molar refractivity (Wildman–Crippen MR) is 116 cm³/mol. The minimum absolute atomic E-state index is 0.346. The van der Waals surface area contributed by atoms with E-state index in [9.17, 15) is 25.9 Å². The molecule has 3 aromatic carbocycles. The quantitative estimate of drug-likeness (QED) is 0.290. The maximum absolute atomic E-state index is 11.5. The predicted octanol–water partition coefficient (Wildman–Crippen LogP) is 3.27. The number of para-hydroxylation sites is 2. The first kappa shape index (κ1) is 20.3. The van der Waals surface area contributed by atoms with Crippen LogP contribution in [0, 0.1) is 0 Å². The number of hydrogen-bond donors (Lipinski definition) is 4. The fourth-order valence-corrected chi connectivity index (χ4v) is 4.55. The van der Waals surface area contributed by atoms with Gasteiger partial charge in [0, 0.05) is 11.1 Å². The monoisotopic (exact) mass is 470 g/mol. The van der Waals surface area contributed by atoms with Crippen LogP contribution in [0.25, 0.3) is 44.3 Å². The first-order chi connectivity index (χ1) is 15.1. The molecule has 0 unspecified atom stereocenters. The van der Waals surface area contributed by atoms with Crippen molar-refractivity contribution in [2.24, 2.45) is 0 Å². The van der Waals surface area contributed by atoms with Gasteiger partial charge in [0.05, 0.1) is 22.1 Å². The molecule has 5 aromatic rings. The summed E-state index contributed by atoms with van der Waals surface area (Å²) < 4.78 is 64.9. The zero-order valence-electron chi connectivity index (χ0n) is 16.0.